The highest BCUT2D eigenvalue weighted by atomic mass is 16.5. The Bertz CT molecular complexity index is 676. The molecule has 5 heteroatoms. The molecule has 86 valence electrons. The Kier molecular flexibility index (Phi) is 1.95. The third-order valence-corrected chi connectivity index (χ3v) is 2.87. The van der Waals surface area contributed by atoms with Crippen LogP contribution in [0.15, 0.2) is 28.8 Å². The van der Waals surface area contributed by atoms with E-state index in [1.165, 1.54) is 0 Å². The molecule has 0 aliphatic heterocycles. The molecule has 0 fully saturated rings. The van der Waals surface area contributed by atoms with Crippen LogP contribution in [-0.4, -0.2) is 14.9 Å². The highest BCUT2D eigenvalue weighted by Crippen LogP contribution is 2.29. The minimum absolute atomic E-state index is 0.619. The number of nitrogens with zero attached hydrogens (tertiary/aromatic N) is 3. The quantitative estimate of drug-likeness (QED) is 0.692. The zero-order valence-corrected chi connectivity index (χ0v) is 9.64. The maximum absolute atomic E-state index is 5.78. The molecule has 2 N–H and O–H groups in total. The molecule has 0 amide bonds. The van der Waals surface area contributed by atoms with Gasteiger partial charge in [0.05, 0.1) is 11.4 Å². The molecule has 0 atom stereocenters. The molecule has 0 aliphatic carbocycles. The van der Waals surface area contributed by atoms with Crippen molar-refractivity contribution in [1.82, 2.24) is 14.9 Å². The van der Waals surface area contributed by atoms with Crippen molar-refractivity contribution in [3.8, 4) is 11.3 Å². The van der Waals surface area contributed by atoms with E-state index in [2.05, 4.69) is 10.3 Å². The number of anilines is 1. The largest absolute Gasteiger partial charge is 0.384 e. The molecule has 2 heterocycles. The summed E-state index contributed by atoms with van der Waals surface area (Å²) in [4.78, 5) is 0. The fraction of sp³-hybridized carbons (Fsp3) is 0.167. The fourth-order valence-corrected chi connectivity index (χ4v) is 1.90. The lowest BCUT2D eigenvalue weighted by Gasteiger charge is -1.96. The Morgan fingerprint density at radius 3 is 2.88 bits per heavy atom. The normalized spacial score (nSPS) is 11.2. The van der Waals surface area contributed by atoms with Crippen LogP contribution in [0.4, 0.5) is 5.82 Å². The van der Waals surface area contributed by atoms with Gasteiger partial charge in [-0.05, 0) is 19.1 Å². The van der Waals surface area contributed by atoms with Gasteiger partial charge in [0, 0.05) is 24.1 Å². The second-order valence-electron chi connectivity index (χ2n) is 4.03. The molecule has 0 radical (unpaired) electrons. The molecule has 0 aliphatic rings. The third-order valence-electron chi connectivity index (χ3n) is 2.87. The van der Waals surface area contributed by atoms with Crippen molar-refractivity contribution >= 4 is 16.8 Å². The Morgan fingerprint density at radius 2 is 2.18 bits per heavy atom. The third kappa shape index (κ3) is 1.39. The lowest BCUT2D eigenvalue weighted by atomic mass is 10.1. The highest BCUT2D eigenvalue weighted by Gasteiger charge is 2.13. The molecule has 3 rings (SSSR count). The van der Waals surface area contributed by atoms with Gasteiger partial charge in [-0.1, -0.05) is 11.2 Å². The molecular formula is C12H12N4O. The van der Waals surface area contributed by atoms with Crippen molar-refractivity contribution in [3.05, 3.63) is 30.0 Å². The highest BCUT2D eigenvalue weighted by molar-refractivity contribution is 5.92. The molecular weight excluding hydrogens is 216 g/mol. The van der Waals surface area contributed by atoms with Crippen LogP contribution in [0.25, 0.3) is 22.2 Å². The first kappa shape index (κ1) is 9.89. The van der Waals surface area contributed by atoms with Crippen molar-refractivity contribution in [1.29, 1.82) is 0 Å². The summed E-state index contributed by atoms with van der Waals surface area (Å²) in [5.41, 5.74) is 9.13. The van der Waals surface area contributed by atoms with Gasteiger partial charge in [-0.2, -0.15) is 5.10 Å². The van der Waals surface area contributed by atoms with Crippen molar-refractivity contribution in [2.75, 3.05) is 5.73 Å². The van der Waals surface area contributed by atoms with Crippen LogP contribution in [-0.2, 0) is 7.05 Å². The molecule has 5 nitrogen and oxygen atoms in total. The van der Waals surface area contributed by atoms with Crippen molar-refractivity contribution in [2.24, 2.45) is 7.05 Å². The molecule has 3 aromatic rings. The first-order valence-corrected chi connectivity index (χ1v) is 5.31. The molecule has 17 heavy (non-hydrogen) atoms. The number of aryl methyl sites for hydroxylation is 2. The van der Waals surface area contributed by atoms with E-state index in [1.807, 2.05) is 38.2 Å². The summed E-state index contributed by atoms with van der Waals surface area (Å²) in [6.45, 7) is 1.92. The zero-order valence-electron chi connectivity index (χ0n) is 9.64. The van der Waals surface area contributed by atoms with E-state index in [9.17, 15) is 0 Å². The van der Waals surface area contributed by atoms with E-state index in [4.69, 9.17) is 10.3 Å². The average Bonchev–Trinajstić information content (AvgIpc) is 2.84. The first-order valence-electron chi connectivity index (χ1n) is 5.31. The number of benzene rings is 1. The van der Waals surface area contributed by atoms with Crippen molar-refractivity contribution < 1.29 is 4.52 Å². The van der Waals surface area contributed by atoms with Gasteiger partial charge in [0.25, 0.3) is 0 Å². The zero-order chi connectivity index (χ0) is 12.0. The smallest absolute Gasteiger partial charge is 0.176 e. The van der Waals surface area contributed by atoms with Gasteiger partial charge in [-0.15, -0.1) is 0 Å². The number of aromatic nitrogens is 3. The minimum atomic E-state index is 0.619. The van der Waals surface area contributed by atoms with Crippen LogP contribution in [0.2, 0.25) is 0 Å². The summed E-state index contributed by atoms with van der Waals surface area (Å²) in [6, 6.07) is 7.73. The number of nitrogens with two attached hydrogens (primary N) is 1. The number of rotatable bonds is 1. The van der Waals surface area contributed by atoms with Gasteiger partial charge in [0.1, 0.15) is 5.82 Å². The van der Waals surface area contributed by atoms with Gasteiger partial charge < -0.3 is 10.3 Å². The second kappa shape index (κ2) is 3.35. The summed E-state index contributed by atoms with van der Waals surface area (Å²) in [6.07, 6.45) is 0. The standard InChI is InChI=1S/C12H12N4O/c1-7-8-4-3-5-9(12(8)17-15-7)10-6-11(13)16(2)14-10/h3-6H,13H2,1-2H3. The van der Waals surface area contributed by atoms with E-state index in [0.717, 1.165) is 27.9 Å². The SMILES string of the molecule is Cc1noc2c(-c3cc(N)n(C)n3)cccc12. The molecule has 0 bridgehead atoms. The van der Waals surface area contributed by atoms with Crippen LogP contribution in [0, 0.1) is 6.92 Å². The Labute approximate surface area is 97.8 Å². The number of nitrogen functional groups attached to an aromatic ring is 1. The van der Waals surface area contributed by atoms with Crippen molar-refractivity contribution in [3.63, 3.8) is 0 Å². The number of fused-ring (bicyclic) bond motifs is 1. The average molecular weight is 228 g/mol. The molecule has 0 spiro atoms. The Balaban J connectivity index is 2.30. The summed E-state index contributed by atoms with van der Waals surface area (Å²) >= 11 is 0. The van der Waals surface area contributed by atoms with Gasteiger partial charge in [0.15, 0.2) is 5.58 Å². The lowest BCUT2D eigenvalue weighted by Crippen LogP contribution is -1.96. The van der Waals surface area contributed by atoms with Gasteiger partial charge >= 0.3 is 0 Å². The fourth-order valence-electron chi connectivity index (χ4n) is 1.90. The van der Waals surface area contributed by atoms with Gasteiger partial charge in [-0.25, -0.2) is 0 Å². The predicted octanol–water partition coefficient (Wildman–Crippen LogP) is 2.12. The summed E-state index contributed by atoms with van der Waals surface area (Å²) in [5, 5.41) is 9.32. The van der Waals surface area contributed by atoms with Gasteiger partial charge in [0.2, 0.25) is 0 Å². The summed E-state index contributed by atoms with van der Waals surface area (Å²) < 4.78 is 6.98. The summed E-state index contributed by atoms with van der Waals surface area (Å²) in [5.74, 6) is 0.619. The maximum atomic E-state index is 5.78. The molecule has 2 aromatic heterocycles. The minimum Gasteiger partial charge on any atom is -0.384 e. The Morgan fingerprint density at radius 1 is 1.35 bits per heavy atom. The van der Waals surface area contributed by atoms with E-state index < -0.39 is 0 Å². The van der Waals surface area contributed by atoms with E-state index >= 15 is 0 Å². The second-order valence-corrected chi connectivity index (χ2v) is 4.03. The first-order chi connectivity index (χ1) is 8.16. The predicted molar refractivity (Wildman–Crippen MR) is 65.4 cm³/mol. The molecule has 1 aromatic carbocycles. The van der Waals surface area contributed by atoms with E-state index in [-0.39, 0.29) is 0 Å². The molecule has 0 unspecified atom stereocenters. The monoisotopic (exact) mass is 228 g/mol. The number of para-hydroxylation sites is 1. The number of hydrogen-bond donors (Lipinski definition) is 1. The Hall–Kier alpha value is -2.30. The summed E-state index contributed by atoms with van der Waals surface area (Å²) in [7, 11) is 1.81. The van der Waals surface area contributed by atoms with Crippen LogP contribution < -0.4 is 5.73 Å². The molecule has 0 saturated carbocycles. The maximum Gasteiger partial charge on any atom is 0.176 e. The van der Waals surface area contributed by atoms with Crippen LogP contribution in [0.3, 0.4) is 0 Å². The molecule has 0 saturated heterocycles. The van der Waals surface area contributed by atoms with E-state index in [1.54, 1.807) is 4.68 Å². The van der Waals surface area contributed by atoms with E-state index in [0.29, 0.717) is 5.82 Å². The van der Waals surface area contributed by atoms with Crippen molar-refractivity contribution in [2.45, 2.75) is 6.92 Å². The van der Waals surface area contributed by atoms with Crippen LogP contribution in [0.5, 0.6) is 0 Å². The lowest BCUT2D eigenvalue weighted by molar-refractivity contribution is 0.451. The van der Waals surface area contributed by atoms with Gasteiger partial charge in [-0.3, -0.25) is 4.68 Å². The van der Waals surface area contributed by atoms with Crippen LogP contribution >= 0.6 is 0 Å². The van der Waals surface area contributed by atoms with Crippen LogP contribution in [0.1, 0.15) is 5.69 Å². The topological polar surface area (TPSA) is 69.9 Å². The number of hydrogen-bond acceptors (Lipinski definition) is 4.